The van der Waals surface area contributed by atoms with Crippen molar-refractivity contribution < 1.29 is 17.9 Å². The van der Waals surface area contributed by atoms with Crippen LogP contribution in [-0.4, -0.2) is 34.1 Å². The van der Waals surface area contributed by atoms with Crippen LogP contribution in [0.4, 0.5) is 0 Å². The van der Waals surface area contributed by atoms with E-state index in [2.05, 4.69) is 12.2 Å². The minimum atomic E-state index is -3.75. The fraction of sp³-hybridized carbons (Fsp3) is 0.500. The molecule has 3 N–H and O–H groups in total. The lowest BCUT2D eigenvalue weighted by atomic mass is 10.1. The molecule has 0 spiro atoms. The van der Waals surface area contributed by atoms with E-state index in [1.165, 1.54) is 18.2 Å². The van der Waals surface area contributed by atoms with Crippen molar-refractivity contribution in [2.45, 2.75) is 31.6 Å². The monoisotopic (exact) mass is 314 g/mol. The van der Waals surface area contributed by atoms with Gasteiger partial charge in [0.1, 0.15) is 0 Å². The van der Waals surface area contributed by atoms with Crippen molar-refractivity contribution in [1.82, 2.24) is 5.32 Å². The lowest BCUT2D eigenvalue weighted by Crippen LogP contribution is -2.28. The summed E-state index contributed by atoms with van der Waals surface area (Å²) < 4.78 is 27.8. The Bertz CT molecular complexity index is 585. The predicted molar refractivity (Wildman–Crippen MR) is 80.6 cm³/mol. The van der Waals surface area contributed by atoms with E-state index >= 15 is 0 Å². The molecule has 0 fully saturated rings. The number of sulfonamides is 1. The molecular formula is C14H22N2O4S. The lowest BCUT2D eigenvalue weighted by Gasteiger charge is -2.09. The van der Waals surface area contributed by atoms with Gasteiger partial charge in [0.25, 0.3) is 5.91 Å². The van der Waals surface area contributed by atoms with E-state index in [0.717, 1.165) is 12.8 Å². The maximum Gasteiger partial charge on any atom is 0.251 e. The van der Waals surface area contributed by atoms with E-state index in [1.54, 1.807) is 6.92 Å². The second-order valence-corrected chi connectivity index (χ2v) is 6.30. The highest BCUT2D eigenvalue weighted by atomic mass is 32.2. The minimum absolute atomic E-state index is 0.000510. The Kier molecular flexibility index (Phi) is 6.80. The lowest BCUT2D eigenvalue weighted by molar-refractivity contribution is 0.0912. The van der Waals surface area contributed by atoms with Gasteiger partial charge in [0, 0.05) is 18.7 Å². The fourth-order valence-corrected chi connectivity index (χ4v) is 2.35. The third-order valence-corrected chi connectivity index (χ3v) is 3.86. The standard InChI is InChI=1S/C14H22N2O4S/c1-3-4-8-20-9-7-16-14(17)13-6-5-12(10-11(13)2)21(15,18)19/h5-6,10H,3-4,7-9H2,1-2H3,(H,16,17)(H2,15,18,19). The maximum absolute atomic E-state index is 12.0. The first-order valence-corrected chi connectivity index (χ1v) is 8.40. The van der Waals surface area contributed by atoms with Crippen LogP contribution in [0.1, 0.15) is 35.7 Å². The number of carbonyl (C=O) groups excluding carboxylic acids is 1. The molecule has 6 nitrogen and oxygen atoms in total. The number of benzene rings is 1. The zero-order valence-corrected chi connectivity index (χ0v) is 13.2. The number of primary sulfonamides is 1. The van der Waals surface area contributed by atoms with Gasteiger partial charge in [0.15, 0.2) is 0 Å². The van der Waals surface area contributed by atoms with Crippen LogP contribution >= 0.6 is 0 Å². The van der Waals surface area contributed by atoms with Gasteiger partial charge in [-0.2, -0.15) is 0 Å². The first-order valence-electron chi connectivity index (χ1n) is 6.85. The van der Waals surface area contributed by atoms with E-state index in [9.17, 15) is 13.2 Å². The molecule has 0 unspecified atom stereocenters. The SMILES string of the molecule is CCCCOCCNC(=O)c1ccc(S(N)(=O)=O)cc1C. The first kappa shape index (κ1) is 17.6. The molecule has 0 saturated carbocycles. The van der Waals surface area contributed by atoms with Crippen molar-refractivity contribution in [3.05, 3.63) is 29.3 Å². The van der Waals surface area contributed by atoms with Gasteiger partial charge in [-0.1, -0.05) is 13.3 Å². The number of carbonyl (C=O) groups is 1. The van der Waals surface area contributed by atoms with Crippen molar-refractivity contribution in [1.29, 1.82) is 0 Å². The largest absolute Gasteiger partial charge is 0.380 e. The highest BCUT2D eigenvalue weighted by molar-refractivity contribution is 7.89. The summed E-state index contributed by atoms with van der Waals surface area (Å²) in [5, 5.41) is 7.78. The number of amides is 1. The second-order valence-electron chi connectivity index (χ2n) is 4.74. The van der Waals surface area contributed by atoms with Gasteiger partial charge in [-0.15, -0.1) is 0 Å². The summed E-state index contributed by atoms with van der Waals surface area (Å²) in [6.45, 7) is 5.31. The Labute approximate surface area is 125 Å². The van der Waals surface area contributed by atoms with Crippen LogP contribution in [-0.2, 0) is 14.8 Å². The van der Waals surface area contributed by atoms with Gasteiger partial charge in [-0.3, -0.25) is 4.79 Å². The fourth-order valence-electron chi connectivity index (χ4n) is 1.75. The molecular weight excluding hydrogens is 292 g/mol. The highest BCUT2D eigenvalue weighted by Crippen LogP contribution is 2.14. The van der Waals surface area contributed by atoms with E-state index in [-0.39, 0.29) is 10.8 Å². The maximum atomic E-state index is 12.0. The Balaban J connectivity index is 2.55. The molecule has 118 valence electrons. The van der Waals surface area contributed by atoms with Gasteiger partial charge in [0.05, 0.1) is 11.5 Å². The van der Waals surface area contributed by atoms with Gasteiger partial charge in [-0.05, 0) is 37.1 Å². The summed E-state index contributed by atoms with van der Waals surface area (Å²) >= 11 is 0. The Hall–Kier alpha value is -1.44. The zero-order chi connectivity index (χ0) is 15.9. The normalized spacial score (nSPS) is 11.4. The average Bonchev–Trinajstić information content (AvgIpc) is 2.41. The van der Waals surface area contributed by atoms with Crippen LogP contribution in [0.25, 0.3) is 0 Å². The number of hydrogen-bond acceptors (Lipinski definition) is 4. The third-order valence-electron chi connectivity index (χ3n) is 2.95. The topological polar surface area (TPSA) is 98.5 Å². The average molecular weight is 314 g/mol. The van der Waals surface area contributed by atoms with Crippen molar-refractivity contribution in [2.75, 3.05) is 19.8 Å². The summed E-state index contributed by atoms with van der Waals surface area (Å²) in [4.78, 5) is 12.0. The number of nitrogens with one attached hydrogen (secondary N) is 1. The third kappa shape index (κ3) is 5.82. The zero-order valence-electron chi connectivity index (χ0n) is 12.4. The van der Waals surface area contributed by atoms with Crippen molar-refractivity contribution in [3.63, 3.8) is 0 Å². The highest BCUT2D eigenvalue weighted by Gasteiger charge is 2.13. The van der Waals surface area contributed by atoms with Crippen LogP contribution in [0.2, 0.25) is 0 Å². The molecule has 0 bridgehead atoms. The number of unbranched alkanes of at least 4 members (excludes halogenated alkanes) is 1. The number of nitrogens with two attached hydrogens (primary N) is 1. The van der Waals surface area contributed by atoms with Crippen LogP contribution < -0.4 is 10.5 Å². The molecule has 0 aromatic heterocycles. The molecule has 7 heteroatoms. The quantitative estimate of drug-likeness (QED) is 0.704. The van der Waals surface area contributed by atoms with Crippen molar-refractivity contribution in [3.8, 4) is 0 Å². The van der Waals surface area contributed by atoms with Crippen molar-refractivity contribution >= 4 is 15.9 Å². The van der Waals surface area contributed by atoms with Gasteiger partial charge in [0.2, 0.25) is 10.0 Å². The molecule has 1 amide bonds. The second kappa shape index (κ2) is 8.11. The summed E-state index contributed by atoms with van der Waals surface area (Å²) in [6, 6.07) is 4.18. The van der Waals surface area contributed by atoms with E-state index in [0.29, 0.717) is 30.9 Å². The summed E-state index contributed by atoms with van der Waals surface area (Å²) in [7, 11) is -3.75. The van der Waals surface area contributed by atoms with Crippen LogP contribution in [0, 0.1) is 6.92 Å². The molecule has 0 heterocycles. The van der Waals surface area contributed by atoms with Crippen LogP contribution in [0.3, 0.4) is 0 Å². The molecule has 1 aromatic rings. The Morgan fingerprint density at radius 1 is 1.33 bits per heavy atom. The van der Waals surface area contributed by atoms with Crippen LogP contribution in [0.15, 0.2) is 23.1 Å². The smallest absolute Gasteiger partial charge is 0.251 e. The Morgan fingerprint density at radius 2 is 2.05 bits per heavy atom. The van der Waals surface area contributed by atoms with Gasteiger partial charge >= 0.3 is 0 Å². The number of rotatable bonds is 8. The molecule has 0 aliphatic carbocycles. The molecule has 1 aromatic carbocycles. The molecule has 0 aliphatic rings. The number of ether oxygens (including phenoxy) is 1. The minimum Gasteiger partial charge on any atom is -0.380 e. The molecule has 0 atom stereocenters. The van der Waals surface area contributed by atoms with E-state index in [4.69, 9.17) is 9.88 Å². The molecule has 0 radical (unpaired) electrons. The van der Waals surface area contributed by atoms with Crippen molar-refractivity contribution in [2.24, 2.45) is 5.14 Å². The van der Waals surface area contributed by atoms with Crippen LogP contribution in [0.5, 0.6) is 0 Å². The first-order chi connectivity index (χ1) is 9.86. The summed E-state index contributed by atoms with van der Waals surface area (Å²) in [6.07, 6.45) is 2.07. The number of hydrogen-bond donors (Lipinski definition) is 2. The molecule has 0 saturated heterocycles. The molecule has 21 heavy (non-hydrogen) atoms. The molecule has 0 aliphatic heterocycles. The van der Waals surface area contributed by atoms with Gasteiger partial charge in [-0.25, -0.2) is 13.6 Å². The summed E-state index contributed by atoms with van der Waals surface area (Å²) in [5.74, 6) is -0.257. The van der Waals surface area contributed by atoms with E-state index in [1.807, 2.05) is 0 Å². The Morgan fingerprint density at radius 3 is 2.62 bits per heavy atom. The summed E-state index contributed by atoms with van der Waals surface area (Å²) in [5.41, 5.74) is 0.988. The van der Waals surface area contributed by atoms with Gasteiger partial charge < -0.3 is 10.1 Å². The van der Waals surface area contributed by atoms with E-state index < -0.39 is 10.0 Å². The molecule has 1 rings (SSSR count). The predicted octanol–water partition coefficient (Wildman–Crippen LogP) is 1.19. The number of aryl methyl sites for hydroxylation is 1.